The van der Waals surface area contributed by atoms with Gasteiger partial charge in [-0.15, -0.1) is 0 Å². The van der Waals surface area contributed by atoms with E-state index in [-0.39, 0.29) is 30.9 Å². The number of nitrogens with one attached hydrogen (secondary N) is 3. The summed E-state index contributed by atoms with van der Waals surface area (Å²) < 4.78 is 5.46. The number of thiol groups is 1. The van der Waals surface area contributed by atoms with Crippen molar-refractivity contribution in [1.29, 1.82) is 0 Å². The molecule has 200 valence electrons. The predicted octanol–water partition coefficient (Wildman–Crippen LogP) is 1.32. The van der Waals surface area contributed by atoms with Crippen molar-refractivity contribution in [3.63, 3.8) is 0 Å². The molecule has 5 atom stereocenters. The number of ether oxygens (including phenoxy) is 1. The van der Waals surface area contributed by atoms with Gasteiger partial charge >= 0.3 is 5.97 Å². The monoisotopic (exact) mass is 557 g/mol. The third kappa shape index (κ3) is 9.79. The summed E-state index contributed by atoms with van der Waals surface area (Å²) in [7, 11) is 0. The number of aliphatic hydroxyl groups excluding tert-OH is 1. The minimum absolute atomic E-state index is 0.201. The fourth-order valence-corrected chi connectivity index (χ4v) is 5.13. The number of carbonyl (C=O) groups excluding carboxylic acids is 4. The number of thiophene rings is 1. The quantitative estimate of drug-likeness (QED) is 0.194. The van der Waals surface area contributed by atoms with Crippen LogP contribution < -0.4 is 16.0 Å². The van der Waals surface area contributed by atoms with Gasteiger partial charge in [0, 0.05) is 17.9 Å². The van der Waals surface area contributed by atoms with E-state index in [9.17, 15) is 24.3 Å². The maximum atomic E-state index is 13.3. The van der Waals surface area contributed by atoms with Crippen molar-refractivity contribution in [3.05, 3.63) is 34.5 Å². The summed E-state index contributed by atoms with van der Waals surface area (Å²) >= 11 is 6.97. The van der Waals surface area contributed by atoms with Gasteiger partial charge in [-0.25, -0.2) is 0 Å². The van der Waals surface area contributed by atoms with Crippen LogP contribution in [0, 0.1) is 5.92 Å². The molecule has 1 aliphatic heterocycles. The van der Waals surface area contributed by atoms with Gasteiger partial charge in [0.25, 0.3) is 0 Å². The number of hydrogen-bond acceptors (Lipinski definition) is 9. The molecule has 0 saturated carbocycles. The van der Waals surface area contributed by atoms with E-state index in [1.807, 2.05) is 36.9 Å². The van der Waals surface area contributed by atoms with E-state index in [2.05, 4.69) is 28.6 Å². The standard InChI is InChI=1S/C24H35N3O6S3/c1-14(2)22-19(28)11-21(30)33-16(5-4-7-34)10-20(29)25-17(9-15-6-8-36-12-15)23(31)26-18(13-35-3)24(32)27-22/h4-6,8,12,14,16-19,22,28,34H,7,9-11,13H2,1-3H3,(H,25,29)(H,26,31)(H,27,32)/t16-,17-,18-,19+,22-/m1/s1. The number of amides is 3. The van der Waals surface area contributed by atoms with Gasteiger partial charge in [-0.1, -0.05) is 19.9 Å². The molecule has 4 N–H and O–H groups in total. The second-order valence-corrected chi connectivity index (χ2v) is 10.9. The summed E-state index contributed by atoms with van der Waals surface area (Å²) in [5.74, 6) is -1.71. The number of cyclic esters (lactones) is 1. The Labute approximate surface area is 225 Å². The lowest BCUT2D eigenvalue weighted by molar-refractivity contribution is -0.151. The highest BCUT2D eigenvalue weighted by atomic mass is 32.2. The van der Waals surface area contributed by atoms with Crippen LogP contribution in [0.25, 0.3) is 0 Å². The van der Waals surface area contributed by atoms with E-state index in [1.54, 1.807) is 12.2 Å². The predicted molar refractivity (Wildman–Crippen MR) is 145 cm³/mol. The lowest BCUT2D eigenvalue weighted by atomic mass is 9.96. The Kier molecular flexibility index (Phi) is 12.8. The fourth-order valence-electron chi connectivity index (χ4n) is 3.76. The molecule has 0 bridgehead atoms. The van der Waals surface area contributed by atoms with Gasteiger partial charge < -0.3 is 25.8 Å². The summed E-state index contributed by atoms with van der Waals surface area (Å²) in [6, 6.07) is -0.721. The van der Waals surface area contributed by atoms with Crippen molar-refractivity contribution in [2.75, 3.05) is 17.8 Å². The average molecular weight is 558 g/mol. The van der Waals surface area contributed by atoms with Gasteiger partial charge in [-0.2, -0.15) is 35.7 Å². The Morgan fingerprint density at radius 2 is 1.89 bits per heavy atom. The first kappa shape index (κ1) is 30.2. The number of rotatable bonds is 7. The average Bonchev–Trinajstić information content (AvgIpc) is 3.32. The van der Waals surface area contributed by atoms with E-state index in [0.29, 0.717) is 5.75 Å². The van der Waals surface area contributed by atoms with Crippen LogP contribution in [0.2, 0.25) is 0 Å². The molecule has 0 unspecified atom stereocenters. The highest BCUT2D eigenvalue weighted by Crippen LogP contribution is 2.15. The molecule has 2 heterocycles. The van der Waals surface area contributed by atoms with Crippen LogP contribution in [-0.4, -0.2) is 76.9 Å². The summed E-state index contributed by atoms with van der Waals surface area (Å²) in [4.78, 5) is 51.9. The van der Waals surface area contributed by atoms with E-state index in [4.69, 9.17) is 4.74 Å². The third-order valence-electron chi connectivity index (χ3n) is 5.58. The molecule has 1 aromatic heterocycles. The van der Waals surface area contributed by atoms with Gasteiger partial charge in [-0.05, 0) is 40.6 Å². The van der Waals surface area contributed by atoms with E-state index in [0.717, 1.165) is 5.56 Å². The second kappa shape index (κ2) is 15.3. The molecule has 0 aliphatic carbocycles. The molecule has 1 aromatic rings. The van der Waals surface area contributed by atoms with Crippen molar-refractivity contribution in [2.45, 2.75) is 63.4 Å². The molecule has 1 aliphatic rings. The first-order chi connectivity index (χ1) is 17.1. The highest BCUT2D eigenvalue weighted by molar-refractivity contribution is 7.98. The minimum Gasteiger partial charge on any atom is -0.457 e. The molecule has 1 saturated heterocycles. The van der Waals surface area contributed by atoms with Crippen LogP contribution in [0.4, 0.5) is 0 Å². The van der Waals surface area contributed by atoms with Crippen molar-refractivity contribution in [3.8, 4) is 0 Å². The van der Waals surface area contributed by atoms with Crippen molar-refractivity contribution in [2.24, 2.45) is 5.92 Å². The van der Waals surface area contributed by atoms with Crippen LogP contribution in [0.3, 0.4) is 0 Å². The van der Waals surface area contributed by atoms with Crippen molar-refractivity contribution >= 4 is 59.4 Å². The molecule has 0 spiro atoms. The van der Waals surface area contributed by atoms with Crippen LogP contribution in [-0.2, 0) is 30.3 Å². The molecule has 2 rings (SSSR count). The highest BCUT2D eigenvalue weighted by Gasteiger charge is 2.33. The van der Waals surface area contributed by atoms with Gasteiger partial charge in [0.1, 0.15) is 18.2 Å². The molecule has 9 nitrogen and oxygen atoms in total. The Morgan fingerprint density at radius 1 is 1.17 bits per heavy atom. The van der Waals surface area contributed by atoms with Crippen LogP contribution >= 0.6 is 35.7 Å². The molecule has 0 radical (unpaired) electrons. The molecule has 0 aromatic carbocycles. The Morgan fingerprint density at radius 3 is 2.50 bits per heavy atom. The Hall–Kier alpha value is -2.02. The van der Waals surface area contributed by atoms with E-state index >= 15 is 0 Å². The summed E-state index contributed by atoms with van der Waals surface area (Å²) in [6.45, 7) is 3.63. The third-order valence-corrected chi connectivity index (χ3v) is 7.19. The zero-order chi connectivity index (χ0) is 26.7. The zero-order valence-electron chi connectivity index (χ0n) is 20.6. The lowest BCUT2D eigenvalue weighted by Crippen LogP contribution is -2.58. The maximum absolute atomic E-state index is 13.3. The van der Waals surface area contributed by atoms with Gasteiger partial charge in [0.15, 0.2) is 0 Å². The first-order valence-corrected chi connectivity index (χ1v) is 14.7. The van der Waals surface area contributed by atoms with E-state index < -0.39 is 54.0 Å². The summed E-state index contributed by atoms with van der Waals surface area (Å²) in [5, 5.41) is 22.8. The fraction of sp³-hybridized carbons (Fsp3) is 0.583. The molecule has 3 amide bonds. The summed E-state index contributed by atoms with van der Waals surface area (Å²) in [6.07, 6.45) is 2.56. The number of carbonyl (C=O) groups is 4. The maximum Gasteiger partial charge on any atom is 0.309 e. The largest absolute Gasteiger partial charge is 0.457 e. The van der Waals surface area contributed by atoms with Crippen molar-refractivity contribution < 1.29 is 29.0 Å². The molecular weight excluding hydrogens is 522 g/mol. The van der Waals surface area contributed by atoms with Crippen LogP contribution in [0.15, 0.2) is 29.0 Å². The number of aliphatic hydroxyl groups is 1. The number of thioether (sulfide) groups is 1. The molecule has 1 fully saturated rings. The zero-order valence-corrected chi connectivity index (χ0v) is 23.2. The van der Waals surface area contributed by atoms with Gasteiger partial charge in [0.05, 0.1) is 25.0 Å². The van der Waals surface area contributed by atoms with Crippen molar-refractivity contribution in [1.82, 2.24) is 16.0 Å². The van der Waals surface area contributed by atoms with Gasteiger partial charge in [0.2, 0.25) is 17.7 Å². The second-order valence-electron chi connectivity index (χ2n) is 8.87. The number of esters is 1. The molecule has 36 heavy (non-hydrogen) atoms. The lowest BCUT2D eigenvalue weighted by Gasteiger charge is -2.29. The Bertz CT molecular complexity index is 909. The van der Waals surface area contributed by atoms with Crippen LogP contribution in [0.1, 0.15) is 32.3 Å². The van der Waals surface area contributed by atoms with E-state index in [1.165, 1.54) is 23.1 Å². The molecule has 12 heteroatoms. The smallest absolute Gasteiger partial charge is 0.309 e. The van der Waals surface area contributed by atoms with Crippen LogP contribution in [0.5, 0.6) is 0 Å². The SMILES string of the molecule is CSC[C@H]1NC(=O)[C@@H](Cc2ccsc2)NC(=O)C[C@@H](C=CCS)OC(=O)C[C@H](O)[C@@H](C(C)C)NC1=O. The first-order valence-electron chi connectivity index (χ1n) is 11.7. The number of hydrogen-bond donors (Lipinski definition) is 5. The topological polar surface area (TPSA) is 134 Å². The normalized spacial score (nSPS) is 27.1. The van der Waals surface area contributed by atoms with Gasteiger partial charge in [-0.3, -0.25) is 19.2 Å². The molecular formula is C24H35N3O6S3. The summed E-state index contributed by atoms with van der Waals surface area (Å²) in [5.41, 5.74) is 0.866. The minimum atomic E-state index is -1.22. The Balaban J connectivity index is 2.40.